The summed E-state index contributed by atoms with van der Waals surface area (Å²) in [4.78, 5) is 17.5. The number of piperidine rings is 1. The Hall–Kier alpha value is -2.89. The van der Waals surface area contributed by atoms with Crippen molar-refractivity contribution < 1.29 is 27.4 Å². The van der Waals surface area contributed by atoms with Crippen LogP contribution in [-0.4, -0.2) is 58.0 Å². The van der Waals surface area contributed by atoms with Crippen LogP contribution in [0, 0.1) is 5.92 Å². The molecular weight excluding hydrogens is 466 g/mol. The van der Waals surface area contributed by atoms with E-state index in [0.717, 1.165) is 4.70 Å². The van der Waals surface area contributed by atoms with E-state index in [0.29, 0.717) is 40.7 Å². The summed E-state index contributed by atoms with van der Waals surface area (Å²) in [5, 5.41) is 3.36. The maximum Gasteiger partial charge on any atom is 0.243 e. The predicted molar refractivity (Wildman–Crippen MR) is 126 cm³/mol. The third-order valence-corrected chi connectivity index (χ3v) is 8.49. The van der Waals surface area contributed by atoms with Crippen molar-refractivity contribution in [2.24, 2.45) is 5.92 Å². The molecule has 3 aromatic rings. The number of hydrogen-bond acceptors (Lipinski definition) is 8. The van der Waals surface area contributed by atoms with E-state index in [1.165, 1.54) is 34.9 Å². The number of methoxy groups -OCH3 is 3. The number of amides is 1. The first kappa shape index (κ1) is 23.3. The summed E-state index contributed by atoms with van der Waals surface area (Å²) in [6.07, 6.45) is 0.877. The summed E-state index contributed by atoms with van der Waals surface area (Å²) < 4.78 is 43.8. The molecule has 4 rings (SSSR count). The number of benzene rings is 2. The zero-order chi connectivity index (χ0) is 23.6. The molecule has 1 amide bonds. The van der Waals surface area contributed by atoms with Crippen LogP contribution in [0.1, 0.15) is 12.8 Å². The number of ether oxygens (including phenoxy) is 3. The minimum Gasteiger partial charge on any atom is -0.497 e. The minimum absolute atomic E-state index is 0.158. The van der Waals surface area contributed by atoms with Gasteiger partial charge in [-0.2, -0.15) is 4.31 Å². The molecule has 0 unspecified atom stereocenters. The molecule has 0 aliphatic carbocycles. The van der Waals surface area contributed by atoms with E-state index in [2.05, 4.69) is 10.3 Å². The van der Waals surface area contributed by atoms with Crippen LogP contribution in [-0.2, 0) is 14.8 Å². The Morgan fingerprint density at radius 2 is 1.67 bits per heavy atom. The fourth-order valence-electron chi connectivity index (χ4n) is 3.77. The predicted octanol–water partition coefficient (Wildman–Crippen LogP) is 3.36. The van der Waals surface area contributed by atoms with E-state index in [9.17, 15) is 13.2 Å². The second-order valence-electron chi connectivity index (χ2n) is 7.54. The lowest BCUT2D eigenvalue weighted by molar-refractivity contribution is -0.120. The molecule has 11 heteroatoms. The van der Waals surface area contributed by atoms with Gasteiger partial charge in [0.15, 0.2) is 16.6 Å². The van der Waals surface area contributed by atoms with Crippen molar-refractivity contribution in [3.8, 4) is 17.2 Å². The fourth-order valence-corrected chi connectivity index (χ4v) is 6.12. The molecule has 0 saturated carbocycles. The lowest BCUT2D eigenvalue weighted by Gasteiger charge is -2.30. The second-order valence-corrected chi connectivity index (χ2v) is 10.5. The van der Waals surface area contributed by atoms with Crippen LogP contribution in [0.3, 0.4) is 0 Å². The molecule has 1 aromatic heterocycles. The highest BCUT2D eigenvalue weighted by molar-refractivity contribution is 7.89. The quantitative estimate of drug-likeness (QED) is 0.540. The summed E-state index contributed by atoms with van der Waals surface area (Å²) in [5.74, 6) is 1.31. The van der Waals surface area contributed by atoms with Gasteiger partial charge in [-0.15, -0.1) is 0 Å². The number of sulfonamides is 1. The highest BCUT2D eigenvalue weighted by Crippen LogP contribution is 2.36. The molecular formula is C22H25N3O6S2. The molecule has 1 N–H and O–H groups in total. The standard InChI is InChI=1S/C22H25N3O6S2/c1-29-15-4-6-16(7-5-15)33(27,28)25-10-8-14(9-11-25)21(26)24-22-23-17-12-18(30-2)19(31-3)13-20(17)32-22/h4-7,12-14H,8-11H2,1-3H3,(H,23,24,26). The first-order valence-corrected chi connectivity index (χ1v) is 12.6. The molecule has 0 bridgehead atoms. The van der Waals surface area contributed by atoms with Crippen molar-refractivity contribution in [2.45, 2.75) is 17.7 Å². The number of nitrogens with zero attached hydrogens (tertiary/aromatic N) is 2. The van der Waals surface area contributed by atoms with Gasteiger partial charge in [-0.05, 0) is 37.1 Å². The number of carbonyl (C=O) groups is 1. The molecule has 2 aromatic carbocycles. The highest BCUT2D eigenvalue weighted by atomic mass is 32.2. The van der Waals surface area contributed by atoms with Gasteiger partial charge < -0.3 is 19.5 Å². The zero-order valence-electron chi connectivity index (χ0n) is 18.5. The summed E-state index contributed by atoms with van der Waals surface area (Å²) in [5.41, 5.74) is 0.702. The van der Waals surface area contributed by atoms with Gasteiger partial charge in [0.05, 0.1) is 36.4 Å². The number of carbonyl (C=O) groups excluding carboxylic acids is 1. The topological polar surface area (TPSA) is 107 Å². The van der Waals surface area contributed by atoms with Gasteiger partial charge in [0.25, 0.3) is 0 Å². The molecule has 9 nitrogen and oxygen atoms in total. The van der Waals surface area contributed by atoms with Crippen molar-refractivity contribution in [3.05, 3.63) is 36.4 Å². The van der Waals surface area contributed by atoms with Crippen LogP contribution in [0.4, 0.5) is 5.13 Å². The van der Waals surface area contributed by atoms with E-state index in [4.69, 9.17) is 14.2 Å². The summed E-state index contributed by atoms with van der Waals surface area (Å²) in [6.45, 7) is 0.557. The van der Waals surface area contributed by atoms with Crippen LogP contribution in [0.25, 0.3) is 10.2 Å². The Kier molecular flexibility index (Phi) is 6.73. The van der Waals surface area contributed by atoms with Gasteiger partial charge in [0.1, 0.15) is 5.75 Å². The van der Waals surface area contributed by atoms with Crippen LogP contribution >= 0.6 is 11.3 Å². The number of fused-ring (bicyclic) bond motifs is 1. The Labute approximate surface area is 196 Å². The minimum atomic E-state index is -3.61. The lowest BCUT2D eigenvalue weighted by atomic mass is 9.97. The molecule has 176 valence electrons. The van der Waals surface area contributed by atoms with Crippen LogP contribution < -0.4 is 19.5 Å². The third-order valence-electron chi connectivity index (χ3n) is 5.65. The van der Waals surface area contributed by atoms with Gasteiger partial charge in [-0.25, -0.2) is 13.4 Å². The van der Waals surface area contributed by atoms with Gasteiger partial charge in [-0.1, -0.05) is 11.3 Å². The van der Waals surface area contributed by atoms with E-state index < -0.39 is 10.0 Å². The normalized spacial score (nSPS) is 15.4. The Balaban J connectivity index is 1.40. The first-order valence-electron chi connectivity index (χ1n) is 10.3. The van der Waals surface area contributed by atoms with E-state index in [-0.39, 0.29) is 29.8 Å². The Morgan fingerprint density at radius 3 is 2.27 bits per heavy atom. The van der Waals surface area contributed by atoms with Crippen LogP contribution in [0.15, 0.2) is 41.3 Å². The maximum atomic E-state index is 12.9. The molecule has 0 atom stereocenters. The fraction of sp³-hybridized carbons (Fsp3) is 0.364. The second kappa shape index (κ2) is 9.54. The Bertz CT molecular complexity index is 1210. The molecule has 1 fully saturated rings. The number of nitrogens with one attached hydrogen (secondary N) is 1. The van der Waals surface area contributed by atoms with Crippen molar-refractivity contribution in [3.63, 3.8) is 0 Å². The number of thiazole rings is 1. The number of hydrogen-bond donors (Lipinski definition) is 1. The number of aromatic nitrogens is 1. The third kappa shape index (κ3) is 4.75. The van der Waals surface area contributed by atoms with E-state index >= 15 is 0 Å². The molecule has 0 radical (unpaired) electrons. The van der Waals surface area contributed by atoms with Gasteiger partial charge in [-0.3, -0.25) is 4.79 Å². The summed E-state index contributed by atoms with van der Waals surface area (Å²) >= 11 is 1.35. The lowest BCUT2D eigenvalue weighted by Crippen LogP contribution is -2.41. The maximum absolute atomic E-state index is 12.9. The average Bonchev–Trinajstić information content (AvgIpc) is 3.24. The first-order chi connectivity index (χ1) is 15.8. The van der Waals surface area contributed by atoms with Crippen molar-refractivity contribution >= 4 is 42.6 Å². The van der Waals surface area contributed by atoms with Gasteiger partial charge in [0.2, 0.25) is 15.9 Å². The zero-order valence-corrected chi connectivity index (χ0v) is 20.2. The largest absolute Gasteiger partial charge is 0.497 e. The smallest absolute Gasteiger partial charge is 0.243 e. The number of anilines is 1. The Morgan fingerprint density at radius 1 is 1.03 bits per heavy atom. The van der Waals surface area contributed by atoms with E-state index in [1.54, 1.807) is 32.4 Å². The molecule has 2 heterocycles. The van der Waals surface area contributed by atoms with E-state index in [1.807, 2.05) is 6.07 Å². The van der Waals surface area contributed by atoms with Gasteiger partial charge >= 0.3 is 0 Å². The molecule has 0 spiro atoms. The SMILES string of the molecule is COc1ccc(S(=O)(=O)N2CCC(C(=O)Nc3nc4cc(OC)c(OC)cc4s3)CC2)cc1. The summed E-state index contributed by atoms with van der Waals surface area (Å²) in [6, 6.07) is 9.90. The molecule has 1 aliphatic rings. The van der Waals surface area contributed by atoms with Crippen molar-refractivity contribution in [2.75, 3.05) is 39.7 Å². The molecule has 33 heavy (non-hydrogen) atoms. The molecule has 1 saturated heterocycles. The average molecular weight is 492 g/mol. The highest BCUT2D eigenvalue weighted by Gasteiger charge is 2.32. The van der Waals surface area contributed by atoms with Crippen molar-refractivity contribution in [1.82, 2.24) is 9.29 Å². The van der Waals surface area contributed by atoms with Crippen molar-refractivity contribution in [1.29, 1.82) is 0 Å². The molecule has 1 aliphatic heterocycles. The summed E-state index contributed by atoms with van der Waals surface area (Å²) in [7, 11) is 1.04. The van der Waals surface area contributed by atoms with Crippen LogP contribution in [0.2, 0.25) is 0 Å². The van der Waals surface area contributed by atoms with Gasteiger partial charge in [0, 0.05) is 31.1 Å². The monoisotopic (exact) mass is 491 g/mol. The van der Waals surface area contributed by atoms with Crippen LogP contribution in [0.5, 0.6) is 17.2 Å². The number of rotatable bonds is 7.